The van der Waals surface area contributed by atoms with Crippen molar-refractivity contribution in [2.45, 2.75) is 58.8 Å². The third-order valence-electron chi connectivity index (χ3n) is 8.74. The van der Waals surface area contributed by atoms with Gasteiger partial charge in [0.25, 0.3) is 0 Å². The van der Waals surface area contributed by atoms with E-state index in [-0.39, 0.29) is 33.5 Å². The Morgan fingerprint density at radius 3 is 1.50 bits per heavy atom. The standard InChI is InChI=1S/C23H25N3O6S2.C23H25N3O5S/c1-14(2)12-32-20-10-15(3)4-9-19(20)25-22(29)26-23-24-11-17(33-23)13-34(30,31)18-7-5-16(6-8-18)21(27)28;1-14(2)12-31-20-10-15(3)4-9-19(20)25-22(29)26-23-24-11-18(32-23)13-30-17-7-5-16(6-8-17)21(27)28/h4-11,14H,12-13H2,1-3H3,(H,27,28)(H2,24,25,26,29);4-11,14H,12-13H2,1-3H3,(H,27,28)(H2,24,25,26,29). The number of hydrogen-bond donors (Lipinski definition) is 6. The van der Waals surface area contributed by atoms with Crippen LogP contribution in [0, 0.1) is 25.7 Å². The number of nitrogens with zero attached hydrogens (tertiary/aromatic N) is 2. The number of carboxylic acid groups (broad SMARTS) is 2. The summed E-state index contributed by atoms with van der Waals surface area (Å²) in [5.74, 6) is -0.0398. The van der Waals surface area contributed by atoms with Gasteiger partial charge in [-0.15, -0.1) is 11.3 Å². The molecule has 4 aromatic carbocycles. The highest BCUT2D eigenvalue weighted by Gasteiger charge is 2.19. The second kappa shape index (κ2) is 23.2. The van der Waals surface area contributed by atoms with Crippen molar-refractivity contribution in [2.24, 2.45) is 11.8 Å². The molecule has 0 spiro atoms. The van der Waals surface area contributed by atoms with Crippen molar-refractivity contribution in [2.75, 3.05) is 34.5 Å². The Morgan fingerprint density at radius 1 is 0.606 bits per heavy atom. The van der Waals surface area contributed by atoms with E-state index in [0.29, 0.717) is 63.7 Å². The molecule has 0 bridgehead atoms. The van der Waals surface area contributed by atoms with Gasteiger partial charge in [0.15, 0.2) is 20.1 Å². The number of nitrogens with one attached hydrogen (secondary N) is 4. The molecule has 348 valence electrons. The summed E-state index contributed by atoms with van der Waals surface area (Å²) in [6.07, 6.45) is 3.00. The van der Waals surface area contributed by atoms with Gasteiger partial charge in [-0.1, -0.05) is 51.2 Å². The molecule has 0 aliphatic rings. The minimum Gasteiger partial charge on any atom is -0.491 e. The molecule has 6 aromatic rings. The highest BCUT2D eigenvalue weighted by Crippen LogP contribution is 2.29. The van der Waals surface area contributed by atoms with Crippen LogP contribution < -0.4 is 35.5 Å². The number of rotatable bonds is 18. The topological polar surface area (TPSA) is 244 Å². The molecule has 0 saturated carbocycles. The molecule has 2 aromatic heterocycles. The number of aromatic nitrogens is 2. The van der Waals surface area contributed by atoms with E-state index in [0.717, 1.165) is 27.3 Å². The van der Waals surface area contributed by atoms with Crippen LogP contribution in [0.1, 0.15) is 69.3 Å². The zero-order chi connectivity index (χ0) is 48.0. The fourth-order valence-electron chi connectivity index (χ4n) is 5.51. The van der Waals surface area contributed by atoms with E-state index in [1.807, 2.05) is 52.0 Å². The number of carbonyl (C=O) groups excluding carboxylic acids is 2. The molecule has 0 radical (unpaired) electrons. The van der Waals surface area contributed by atoms with Crippen molar-refractivity contribution in [3.63, 3.8) is 0 Å². The van der Waals surface area contributed by atoms with Gasteiger partial charge in [-0.2, -0.15) is 0 Å². The molecule has 6 N–H and O–H groups in total. The summed E-state index contributed by atoms with van der Waals surface area (Å²) in [5, 5.41) is 29.4. The zero-order valence-corrected chi connectivity index (χ0v) is 39.4. The molecule has 0 fully saturated rings. The average Bonchev–Trinajstić information content (AvgIpc) is 3.91. The van der Waals surface area contributed by atoms with E-state index in [2.05, 4.69) is 45.1 Å². The Morgan fingerprint density at radius 2 is 1.05 bits per heavy atom. The van der Waals surface area contributed by atoms with Gasteiger partial charge in [-0.3, -0.25) is 10.6 Å². The van der Waals surface area contributed by atoms with Crippen molar-refractivity contribution in [1.82, 2.24) is 9.97 Å². The molecule has 2 heterocycles. The third-order valence-corrected chi connectivity index (χ3v) is 12.4. The third kappa shape index (κ3) is 15.6. The molecule has 0 aliphatic heterocycles. The number of carboxylic acids is 2. The van der Waals surface area contributed by atoms with E-state index in [1.165, 1.54) is 53.9 Å². The first-order chi connectivity index (χ1) is 31.3. The van der Waals surface area contributed by atoms with Gasteiger partial charge in [0, 0.05) is 17.3 Å². The molecule has 0 atom stereocenters. The number of aromatic carboxylic acids is 2. The molecule has 0 aliphatic carbocycles. The number of benzene rings is 4. The molecule has 6 rings (SSSR count). The number of aryl methyl sites for hydroxylation is 2. The lowest BCUT2D eigenvalue weighted by Crippen LogP contribution is -2.20. The van der Waals surface area contributed by atoms with Gasteiger partial charge in [0.05, 0.1) is 51.2 Å². The Bertz CT molecular complexity index is 2740. The van der Waals surface area contributed by atoms with Crippen LogP contribution in [0.4, 0.5) is 31.2 Å². The Hall–Kier alpha value is -7.03. The van der Waals surface area contributed by atoms with Gasteiger partial charge in [-0.25, -0.2) is 37.6 Å². The average molecular weight is 959 g/mol. The lowest BCUT2D eigenvalue weighted by molar-refractivity contribution is 0.0686. The maximum atomic E-state index is 12.6. The SMILES string of the molecule is Cc1ccc(NC(=O)Nc2ncc(COc3ccc(C(=O)O)cc3)s2)c(OCC(C)C)c1.Cc1ccc(NC(=O)Nc2ncc(CS(=O)(=O)c3ccc(C(=O)O)cc3)s2)c(OCC(C)C)c1. The highest BCUT2D eigenvalue weighted by atomic mass is 32.2. The van der Waals surface area contributed by atoms with E-state index >= 15 is 0 Å². The van der Waals surface area contributed by atoms with Gasteiger partial charge < -0.3 is 35.1 Å². The summed E-state index contributed by atoms with van der Waals surface area (Å²) in [4.78, 5) is 56.3. The van der Waals surface area contributed by atoms with E-state index in [1.54, 1.807) is 30.5 Å². The minimum atomic E-state index is -3.71. The predicted octanol–water partition coefficient (Wildman–Crippen LogP) is 10.2. The monoisotopic (exact) mass is 958 g/mol. The van der Waals surface area contributed by atoms with Crippen LogP contribution in [0.25, 0.3) is 0 Å². The van der Waals surface area contributed by atoms with Crippen LogP contribution in [0.5, 0.6) is 17.2 Å². The fraction of sp³-hybridized carbons (Fsp3) is 0.261. The number of sulfone groups is 1. The smallest absolute Gasteiger partial charge is 0.335 e. The van der Waals surface area contributed by atoms with Crippen LogP contribution in [0.2, 0.25) is 0 Å². The van der Waals surface area contributed by atoms with Crippen molar-refractivity contribution >= 4 is 78.1 Å². The maximum absolute atomic E-state index is 12.6. The van der Waals surface area contributed by atoms with E-state index in [4.69, 9.17) is 24.4 Å². The first kappa shape index (κ1) is 50.0. The summed E-state index contributed by atoms with van der Waals surface area (Å²) in [6, 6.07) is 21.2. The quantitative estimate of drug-likeness (QED) is 0.0470. The molecular formula is C46H50N6O11S3. The number of ether oxygens (including phenoxy) is 3. The summed E-state index contributed by atoms with van der Waals surface area (Å²) in [6.45, 7) is 13.4. The second-order valence-electron chi connectivity index (χ2n) is 15.5. The van der Waals surface area contributed by atoms with Crippen molar-refractivity contribution < 1.29 is 52.0 Å². The molecule has 17 nitrogen and oxygen atoms in total. The Labute approximate surface area is 390 Å². The van der Waals surface area contributed by atoms with Gasteiger partial charge in [-0.05, 0) is 110 Å². The molecule has 4 amide bonds. The lowest BCUT2D eigenvalue weighted by atomic mass is 10.2. The molecular weight excluding hydrogens is 909 g/mol. The maximum Gasteiger partial charge on any atom is 0.335 e. The second-order valence-corrected chi connectivity index (χ2v) is 19.8. The zero-order valence-electron chi connectivity index (χ0n) is 36.9. The first-order valence-corrected chi connectivity index (χ1v) is 23.7. The summed E-state index contributed by atoms with van der Waals surface area (Å²) < 4.78 is 42.6. The van der Waals surface area contributed by atoms with Gasteiger partial charge >= 0.3 is 24.0 Å². The molecule has 0 unspecified atom stereocenters. The number of anilines is 4. The Balaban J connectivity index is 0.000000248. The lowest BCUT2D eigenvalue weighted by Gasteiger charge is -2.14. The molecule has 20 heteroatoms. The number of hydrogen-bond acceptors (Lipinski definition) is 13. The van der Waals surface area contributed by atoms with E-state index in [9.17, 15) is 27.6 Å². The summed E-state index contributed by atoms with van der Waals surface area (Å²) in [5.41, 5.74) is 3.32. The summed E-state index contributed by atoms with van der Waals surface area (Å²) >= 11 is 2.32. The number of amides is 4. The normalized spacial score (nSPS) is 11.0. The number of urea groups is 2. The van der Waals surface area contributed by atoms with E-state index < -0.39 is 33.8 Å². The van der Waals surface area contributed by atoms with Crippen LogP contribution in [-0.2, 0) is 22.2 Å². The van der Waals surface area contributed by atoms with Crippen molar-refractivity contribution in [3.8, 4) is 17.2 Å². The first-order valence-electron chi connectivity index (χ1n) is 20.4. The van der Waals surface area contributed by atoms with Crippen molar-refractivity contribution in [1.29, 1.82) is 0 Å². The number of thiazole rings is 2. The van der Waals surface area contributed by atoms with Crippen LogP contribution in [0.15, 0.2) is 102 Å². The minimum absolute atomic E-state index is 0.000536. The molecule has 0 saturated heterocycles. The largest absolute Gasteiger partial charge is 0.491 e. The van der Waals surface area contributed by atoms with Gasteiger partial charge in [0.1, 0.15) is 23.9 Å². The Kier molecular flexibility index (Phi) is 17.6. The van der Waals surface area contributed by atoms with Crippen molar-refractivity contribution in [3.05, 3.63) is 129 Å². The highest BCUT2D eigenvalue weighted by molar-refractivity contribution is 7.90. The molecule has 66 heavy (non-hydrogen) atoms. The van der Waals surface area contributed by atoms with Crippen LogP contribution in [0.3, 0.4) is 0 Å². The fourth-order valence-corrected chi connectivity index (χ4v) is 8.70. The van der Waals surface area contributed by atoms with Crippen LogP contribution in [-0.4, -0.2) is 65.8 Å². The number of carbonyl (C=O) groups is 4. The van der Waals surface area contributed by atoms with Crippen LogP contribution >= 0.6 is 22.7 Å². The summed E-state index contributed by atoms with van der Waals surface area (Å²) in [7, 11) is -3.71. The predicted molar refractivity (Wildman–Crippen MR) is 255 cm³/mol. The van der Waals surface area contributed by atoms with Gasteiger partial charge in [0.2, 0.25) is 0 Å².